The number of rotatable bonds is 8. The Morgan fingerprint density at radius 2 is 1.71 bits per heavy atom. The number of nitrogen functional groups attached to an aromatic ring is 1. The monoisotopic (exact) mass is 753 g/mol. The van der Waals surface area contributed by atoms with Gasteiger partial charge in [0.25, 0.3) is 5.91 Å². The van der Waals surface area contributed by atoms with Crippen molar-refractivity contribution in [3.8, 4) is 17.0 Å². The first-order chi connectivity index (χ1) is 28.3. The molecular formula is C45H53N9O2. The molecule has 4 aliphatic heterocycles. The largest absolute Gasteiger partial charge is 0.507 e. The lowest BCUT2D eigenvalue weighted by Crippen LogP contribution is -2.43. The maximum Gasteiger partial charge on any atom is 0.253 e. The van der Waals surface area contributed by atoms with Gasteiger partial charge in [-0.2, -0.15) is 0 Å². The molecule has 9 rings (SSSR count). The van der Waals surface area contributed by atoms with Crippen LogP contribution < -0.4 is 20.9 Å². The van der Waals surface area contributed by atoms with Gasteiger partial charge in [-0.25, -0.2) is 0 Å². The maximum absolute atomic E-state index is 13.6. The zero-order valence-corrected chi connectivity index (χ0v) is 31.9. The lowest BCUT2D eigenvalue weighted by molar-refractivity contribution is 0.0653. The number of phenolic OH excluding ortho intramolecular Hbond substituents is 1. The summed E-state index contributed by atoms with van der Waals surface area (Å²) in [5, 5.41) is 23.0. The summed E-state index contributed by atoms with van der Waals surface area (Å²) in [4.78, 5) is 22.5. The van der Waals surface area contributed by atoms with E-state index in [1.165, 1.54) is 11.1 Å². The van der Waals surface area contributed by atoms with Gasteiger partial charge in [0, 0.05) is 94.6 Å². The van der Waals surface area contributed by atoms with Crippen molar-refractivity contribution in [1.82, 2.24) is 29.9 Å². The molecule has 290 valence electrons. The molecule has 0 spiro atoms. The molecule has 5 aromatic rings. The standard InChI is InChI=1S/C45H53N9O2/c46-44-42(28-39(48-49-44)37-7-1-2-10-43(37)55)52-21-4-6-35(30-52)33-11-13-34(14-12-33)45(56)51-25-15-32(16-26-51)29-50-23-17-36(18-24-50)54-27-19-38-40(8-3-9-41(38)54)53-22-5-20-47-31-53/h1-3,5,7-14,19,22,27-28,32,35-36,47,55H,4,6,15-18,20-21,23-26,29-31H2,(H2,46,49)/i20D,31D/t20?,31-,35?/m1/s1. The first-order valence-corrected chi connectivity index (χ1v) is 20.2. The predicted molar refractivity (Wildman–Crippen MR) is 224 cm³/mol. The van der Waals surface area contributed by atoms with Gasteiger partial charge in [-0.05, 0) is 98.5 Å². The number of fused-ring (bicyclic) bond motifs is 1. The van der Waals surface area contributed by atoms with E-state index in [0.717, 1.165) is 107 Å². The Hall–Kier alpha value is -5.39. The quantitative estimate of drug-likeness (QED) is 0.157. The van der Waals surface area contributed by atoms with Crippen molar-refractivity contribution in [3.05, 3.63) is 108 Å². The predicted octanol–water partition coefficient (Wildman–Crippen LogP) is 6.84. The van der Waals surface area contributed by atoms with Crippen LogP contribution in [0.2, 0.25) is 0 Å². The Balaban J connectivity index is 0.757. The van der Waals surface area contributed by atoms with E-state index in [1.807, 2.05) is 46.3 Å². The Morgan fingerprint density at radius 1 is 0.893 bits per heavy atom. The molecule has 3 atom stereocenters. The van der Waals surface area contributed by atoms with E-state index in [1.54, 1.807) is 18.2 Å². The second-order valence-corrected chi connectivity index (χ2v) is 15.8. The third-order valence-electron chi connectivity index (χ3n) is 12.4. The average molecular weight is 754 g/mol. The van der Waals surface area contributed by atoms with Crippen molar-refractivity contribution in [3.63, 3.8) is 0 Å². The number of hydrogen-bond donors (Lipinski definition) is 3. The van der Waals surface area contributed by atoms with Crippen molar-refractivity contribution in [1.29, 1.82) is 0 Å². The van der Waals surface area contributed by atoms with E-state index >= 15 is 0 Å². The zero-order chi connectivity index (χ0) is 39.8. The summed E-state index contributed by atoms with van der Waals surface area (Å²) in [6.07, 6.45) is 12.2. The summed E-state index contributed by atoms with van der Waals surface area (Å²) in [5.41, 5.74) is 12.5. The minimum atomic E-state index is -0.687. The van der Waals surface area contributed by atoms with Gasteiger partial charge in [0.05, 0.1) is 30.6 Å². The molecule has 4 aliphatic rings. The first kappa shape index (κ1) is 33.9. The van der Waals surface area contributed by atoms with Gasteiger partial charge in [0.15, 0.2) is 5.82 Å². The topological polar surface area (TPSA) is 119 Å². The molecule has 0 bridgehead atoms. The summed E-state index contributed by atoms with van der Waals surface area (Å²) in [7, 11) is 0. The minimum absolute atomic E-state index is 0.122. The Bertz CT molecular complexity index is 2270. The number of amides is 1. The fraction of sp³-hybridized carbons (Fsp3) is 0.400. The van der Waals surface area contributed by atoms with Gasteiger partial charge in [-0.3, -0.25) is 10.1 Å². The molecule has 0 radical (unpaired) electrons. The molecule has 3 fully saturated rings. The minimum Gasteiger partial charge on any atom is -0.507 e. The average Bonchev–Trinajstić information content (AvgIpc) is 3.69. The second kappa shape index (κ2) is 16.0. The highest BCUT2D eigenvalue weighted by molar-refractivity contribution is 5.94. The first-order valence-electron chi connectivity index (χ1n) is 21.4. The highest BCUT2D eigenvalue weighted by Crippen LogP contribution is 2.37. The van der Waals surface area contributed by atoms with E-state index in [0.29, 0.717) is 35.0 Å². The van der Waals surface area contributed by atoms with Crippen molar-refractivity contribution in [2.45, 2.75) is 50.5 Å². The van der Waals surface area contributed by atoms with Gasteiger partial charge in [-0.15, -0.1) is 10.2 Å². The van der Waals surface area contributed by atoms with Crippen LogP contribution in [-0.2, 0) is 0 Å². The molecule has 0 saturated carbocycles. The number of likely N-dealkylation sites (tertiary alicyclic amines) is 2. The zero-order valence-electron chi connectivity index (χ0n) is 33.9. The molecular weight excluding hydrogens is 699 g/mol. The number of carbonyl (C=O) groups is 1. The summed E-state index contributed by atoms with van der Waals surface area (Å²) < 4.78 is 18.8. The number of aromatic nitrogens is 3. The third kappa shape index (κ3) is 7.45. The van der Waals surface area contributed by atoms with Crippen LogP contribution >= 0.6 is 0 Å². The van der Waals surface area contributed by atoms with Gasteiger partial charge >= 0.3 is 0 Å². The van der Waals surface area contributed by atoms with E-state index in [4.69, 9.17) is 8.48 Å². The number of para-hydroxylation sites is 1. The second-order valence-electron chi connectivity index (χ2n) is 15.8. The highest BCUT2D eigenvalue weighted by Gasteiger charge is 2.29. The number of hydrogen-bond acceptors (Lipinski definition) is 9. The van der Waals surface area contributed by atoms with Gasteiger partial charge in [0.2, 0.25) is 0 Å². The molecule has 3 aromatic carbocycles. The van der Waals surface area contributed by atoms with Crippen molar-refractivity contribution in [2.24, 2.45) is 5.92 Å². The molecule has 2 unspecified atom stereocenters. The van der Waals surface area contributed by atoms with Crippen molar-refractivity contribution < 1.29 is 12.6 Å². The summed E-state index contributed by atoms with van der Waals surface area (Å²) in [6, 6.07) is 26.2. The molecule has 4 N–H and O–H groups in total. The van der Waals surface area contributed by atoms with Crippen molar-refractivity contribution >= 4 is 34.0 Å². The van der Waals surface area contributed by atoms with E-state index in [2.05, 4.69) is 72.5 Å². The SMILES string of the molecule is [2H]C1C=CN(c2cccc3c2ccn3C2CCN(CC3CCN(C(=O)c4ccc(C5CCCN(c6cc(-c7ccccc7O)nnc6N)C5)cc4)CC3)CC2)[C@H]([2H])N1. The fourth-order valence-corrected chi connectivity index (χ4v) is 9.30. The molecule has 0 aliphatic carbocycles. The number of benzene rings is 3. The number of carbonyl (C=O) groups excluding carboxylic acids is 1. The van der Waals surface area contributed by atoms with Crippen molar-refractivity contribution in [2.75, 3.05) is 74.5 Å². The lowest BCUT2D eigenvalue weighted by Gasteiger charge is -2.38. The number of piperidine rings is 3. The molecule has 1 amide bonds. The van der Waals surface area contributed by atoms with Crippen LogP contribution in [0, 0.1) is 5.92 Å². The van der Waals surface area contributed by atoms with Crippen LogP contribution in [-0.4, -0.2) is 94.6 Å². The maximum atomic E-state index is 13.6. The van der Waals surface area contributed by atoms with Gasteiger partial charge in [-0.1, -0.05) is 36.4 Å². The number of nitrogens with zero attached hydrogens (tertiary/aromatic N) is 7. The Kier molecular flexibility index (Phi) is 9.68. The summed E-state index contributed by atoms with van der Waals surface area (Å²) >= 11 is 0. The number of aromatic hydroxyl groups is 1. The van der Waals surface area contributed by atoms with Gasteiger partial charge in [0.1, 0.15) is 5.75 Å². The van der Waals surface area contributed by atoms with Crippen LogP contribution in [0.5, 0.6) is 5.75 Å². The number of nitrogens with one attached hydrogen (secondary N) is 1. The number of phenols is 1. The van der Waals surface area contributed by atoms with Crippen LogP contribution in [0.3, 0.4) is 0 Å². The smallest absolute Gasteiger partial charge is 0.253 e. The molecule has 56 heavy (non-hydrogen) atoms. The Morgan fingerprint density at radius 3 is 2.52 bits per heavy atom. The summed E-state index contributed by atoms with van der Waals surface area (Å²) in [5.74, 6) is 1.55. The Labute approximate surface area is 332 Å². The van der Waals surface area contributed by atoms with Crippen LogP contribution in [0.4, 0.5) is 17.2 Å². The molecule has 3 saturated heterocycles. The number of anilines is 3. The third-order valence-corrected chi connectivity index (χ3v) is 12.4. The summed E-state index contributed by atoms with van der Waals surface area (Å²) in [6.45, 7) is 5.23. The van der Waals surface area contributed by atoms with Gasteiger partial charge < -0.3 is 35.0 Å². The van der Waals surface area contributed by atoms with Crippen LogP contribution in [0.25, 0.3) is 22.2 Å². The molecule has 6 heterocycles. The lowest BCUT2D eigenvalue weighted by atomic mass is 9.89. The normalized spacial score (nSPS) is 23.4. The molecule has 11 nitrogen and oxygen atoms in total. The van der Waals surface area contributed by atoms with E-state index < -0.39 is 13.2 Å². The molecule has 11 heteroatoms. The van der Waals surface area contributed by atoms with E-state index in [9.17, 15) is 9.90 Å². The molecule has 2 aromatic heterocycles. The van der Waals surface area contributed by atoms with Crippen LogP contribution in [0.15, 0.2) is 97.3 Å². The highest BCUT2D eigenvalue weighted by atomic mass is 16.3. The fourth-order valence-electron chi connectivity index (χ4n) is 9.30. The van der Waals surface area contributed by atoms with Crippen LogP contribution in [0.1, 0.15) is 69.1 Å². The number of nitrogens with two attached hydrogens (primary N) is 1. The van der Waals surface area contributed by atoms with E-state index in [-0.39, 0.29) is 11.7 Å².